The summed E-state index contributed by atoms with van der Waals surface area (Å²) in [6.45, 7) is 5.85. The second-order valence-electron chi connectivity index (χ2n) is 6.23. The van der Waals surface area contributed by atoms with Gasteiger partial charge in [0.05, 0.1) is 12.6 Å². The summed E-state index contributed by atoms with van der Waals surface area (Å²) in [5.74, 6) is -1.48. The predicted octanol–water partition coefficient (Wildman–Crippen LogP) is -1.69. The van der Waals surface area contributed by atoms with Gasteiger partial charge in [0.15, 0.2) is 0 Å². The van der Waals surface area contributed by atoms with Crippen LogP contribution in [-0.4, -0.2) is 60.7 Å². The largest absolute Gasteiger partial charge is 0.370 e. The van der Waals surface area contributed by atoms with Crippen LogP contribution >= 0.6 is 0 Å². The first-order chi connectivity index (χ1) is 11.0. The molecule has 0 aromatic carbocycles. The molecule has 0 bridgehead atoms. The van der Waals surface area contributed by atoms with E-state index in [0.717, 1.165) is 0 Å². The van der Waals surface area contributed by atoms with Crippen molar-refractivity contribution >= 4 is 23.6 Å². The lowest BCUT2D eigenvalue weighted by Crippen LogP contribution is -2.50. The first-order valence-corrected chi connectivity index (χ1v) is 7.90. The van der Waals surface area contributed by atoms with Crippen LogP contribution in [0.25, 0.3) is 0 Å². The van der Waals surface area contributed by atoms with Crippen LogP contribution in [0.3, 0.4) is 0 Å². The zero-order valence-electron chi connectivity index (χ0n) is 14.8. The van der Waals surface area contributed by atoms with Crippen LogP contribution in [0.1, 0.15) is 33.6 Å². The van der Waals surface area contributed by atoms with Crippen molar-refractivity contribution in [3.05, 3.63) is 0 Å². The summed E-state index contributed by atoms with van der Waals surface area (Å²) in [5, 5.41) is 4.88. The maximum Gasteiger partial charge on any atom is 0.244 e. The highest BCUT2D eigenvalue weighted by Crippen LogP contribution is 1.99. The standard InChI is InChI=1S/C15H29N5O4/c1-9(2)8-20(4)15(24)10(3)19-13(22)7-18-14(23)11(16)5-6-12(17)21/h9-11H,5-8,16H2,1-4H3,(H2,17,21)(H,18,23)(H,19,22). The molecule has 0 spiro atoms. The van der Waals surface area contributed by atoms with Gasteiger partial charge in [0.2, 0.25) is 23.6 Å². The van der Waals surface area contributed by atoms with Crippen molar-refractivity contribution in [3.63, 3.8) is 0 Å². The first kappa shape index (κ1) is 21.8. The number of nitrogens with one attached hydrogen (secondary N) is 2. The summed E-state index contributed by atoms with van der Waals surface area (Å²) < 4.78 is 0. The van der Waals surface area contributed by atoms with E-state index in [4.69, 9.17) is 11.5 Å². The molecule has 0 aliphatic rings. The minimum Gasteiger partial charge on any atom is -0.370 e. The quantitative estimate of drug-likeness (QED) is 0.374. The van der Waals surface area contributed by atoms with Gasteiger partial charge in [0, 0.05) is 20.0 Å². The molecule has 0 saturated heterocycles. The van der Waals surface area contributed by atoms with Crippen LogP contribution in [0.2, 0.25) is 0 Å². The van der Waals surface area contributed by atoms with Gasteiger partial charge in [-0.25, -0.2) is 0 Å². The molecule has 2 atom stereocenters. The highest BCUT2D eigenvalue weighted by molar-refractivity contribution is 5.91. The van der Waals surface area contributed by atoms with E-state index in [1.165, 1.54) is 0 Å². The molecule has 4 amide bonds. The van der Waals surface area contributed by atoms with Crippen molar-refractivity contribution in [1.82, 2.24) is 15.5 Å². The van der Waals surface area contributed by atoms with Gasteiger partial charge in [-0.1, -0.05) is 13.8 Å². The molecule has 0 aromatic rings. The zero-order chi connectivity index (χ0) is 18.9. The third kappa shape index (κ3) is 9.09. The van der Waals surface area contributed by atoms with Crippen LogP contribution in [0.5, 0.6) is 0 Å². The number of carbonyl (C=O) groups is 4. The fourth-order valence-electron chi connectivity index (χ4n) is 2.05. The fourth-order valence-corrected chi connectivity index (χ4v) is 2.05. The summed E-state index contributed by atoms with van der Waals surface area (Å²) >= 11 is 0. The Hall–Kier alpha value is -2.16. The Kier molecular flexibility index (Phi) is 9.63. The Morgan fingerprint density at radius 1 is 1.12 bits per heavy atom. The van der Waals surface area contributed by atoms with Gasteiger partial charge in [0.25, 0.3) is 0 Å². The van der Waals surface area contributed by atoms with E-state index in [9.17, 15) is 19.2 Å². The minimum atomic E-state index is -0.915. The number of rotatable bonds is 10. The van der Waals surface area contributed by atoms with Crippen molar-refractivity contribution in [2.75, 3.05) is 20.1 Å². The Bertz CT molecular complexity index is 467. The van der Waals surface area contributed by atoms with Crippen LogP contribution < -0.4 is 22.1 Å². The average molecular weight is 343 g/mol. The molecule has 0 aliphatic carbocycles. The molecule has 24 heavy (non-hydrogen) atoms. The smallest absolute Gasteiger partial charge is 0.244 e. The Morgan fingerprint density at radius 2 is 1.71 bits per heavy atom. The topological polar surface area (TPSA) is 148 Å². The minimum absolute atomic E-state index is 0.00545. The van der Waals surface area contributed by atoms with E-state index in [2.05, 4.69) is 10.6 Å². The molecule has 0 aliphatic heterocycles. The number of nitrogens with zero attached hydrogens (tertiary/aromatic N) is 1. The normalized spacial score (nSPS) is 13.1. The molecule has 2 unspecified atom stereocenters. The summed E-state index contributed by atoms with van der Waals surface area (Å²) in [7, 11) is 1.67. The van der Waals surface area contributed by atoms with Crippen LogP contribution in [0.15, 0.2) is 0 Å². The lowest BCUT2D eigenvalue weighted by molar-refractivity contribution is -0.135. The lowest BCUT2D eigenvalue weighted by Gasteiger charge is -2.23. The molecule has 0 heterocycles. The van der Waals surface area contributed by atoms with E-state index >= 15 is 0 Å². The number of primary amides is 1. The highest BCUT2D eigenvalue weighted by atomic mass is 16.2. The summed E-state index contributed by atoms with van der Waals surface area (Å²) in [6.07, 6.45) is 0.103. The number of nitrogens with two attached hydrogens (primary N) is 2. The molecule has 9 heteroatoms. The van der Waals surface area contributed by atoms with Crippen LogP contribution in [0, 0.1) is 5.92 Å². The van der Waals surface area contributed by atoms with Crippen molar-refractivity contribution in [2.24, 2.45) is 17.4 Å². The van der Waals surface area contributed by atoms with Gasteiger partial charge in [-0.2, -0.15) is 0 Å². The molecule has 6 N–H and O–H groups in total. The molecule has 0 aromatic heterocycles. The van der Waals surface area contributed by atoms with Gasteiger partial charge in [-0.15, -0.1) is 0 Å². The number of hydrogen-bond acceptors (Lipinski definition) is 5. The summed E-state index contributed by atoms with van der Waals surface area (Å²) in [4.78, 5) is 47.7. The number of carbonyl (C=O) groups excluding carboxylic acids is 4. The average Bonchev–Trinajstić information content (AvgIpc) is 2.48. The lowest BCUT2D eigenvalue weighted by atomic mass is 10.1. The number of likely N-dealkylation sites (N-methyl/N-ethyl adjacent to an activating group) is 1. The number of amides is 4. The molecule has 138 valence electrons. The third-order valence-electron chi connectivity index (χ3n) is 3.22. The predicted molar refractivity (Wildman–Crippen MR) is 89.5 cm³/mol. The molecule has 0 saturated carbocycles. The van der Waals surface area contributed by atoms with Gasteiger partial charge >= 0.3 is 0 Å². The van der Waals surface area contributed by atoms with Gasteiger partial charge in [-0.05, 0) is 19.3 Å². The van der Waals surface area contributed by atoms with Gasteiger partial charge < -0.3 is 27.0 Å². The molecule has 0 radical (unpaired) electrons. The first-order valence-electron chi connectivity index (χ1n) is 7.90. The summed E-state index contributed by atoms with van der Waals surface area (Å²) in [5.41, 5.74) is 10.5. The van der Waals surface area contributed by atoms with E-state index in [1.807, 2.05) is 13.8 Å². The van der Waals surface area contributed by atoms with Crippen molar-refractivity contribution < 1.29 is 19.2 Å². The molecule has 9 nitrogen and oxygen atoms in total. The Balaban J connectivity index is 4.22. The van der Waals surface area contributed by atoms with E-state index in [1.54, 1.807) is 18.9 Å². The second-order valence-corrected chi connectivity index (χ2v) is 6.23. The number of hydrogen-bond donors (Lipinski definition) is 4. The van der Waals surface area contributed by atoms with Crippen molar-refractivity contribution in [3.8, 4) is 0 Å². The van der Waals surface area contributed by atoms with Crippen LogP contribution in [-0.2, 0) is 19.2 Å². The molecule has 0 rings (SSSR count). The Morgan fingerprint density at radius 3 is 2.21 bits per heavy atom. The summed E-state index contributed by atoms with van der Waals surface area (Å²) in [6, 6.07) is -1.61. The maximum atomic E-state index is 12.1. The van der Waals surface area contributed by atoms with Crippen LogP contribution in [0.4, 0.5) is 0 Å². The van der Waals surface area contributed by atoms with E-state index in [0.29, 0.717) is 12.5 Å². The van der Waals surface area contributed by atoms with E-state index in [-0.39, 0.29) is 25.3 Å². The highest BCUT2D eigenvalue weighted by Gasteiger charge is 2.21. The Labute approximate surface area is 142 Å². The molecule has 0 fully saturated rings. The second kappa shape index (κ2) is 10.6. The van der Waals surface area contributed by atoms with Gasteiger partial charge in [-0.3, -0.25) is 19.2 Å². The SMILES string of the molecule is CC(C)CN(C)C(=O)C(C)NC(=O)CNC(=O)C(N)CCC(N)=O. The van der Waals surface area contributed by atoms with E-state index < -0.39 is 29.8 Å². The molecular weight excluding hydrogens is 314 g/mol. The maximum absolute atomic E-state index is 12.1. The van der Waals surface area contributed by atoms with Gasteiger partial charge in [0.1, 0.15) is 6.04 Å². The monoisotopic (exact) mass is 343 g/mol. The third-order valence-corrected chi connectivity index (χ3v) is 3.22. The van der Waals surface area contributed by atoms with Crippen molar-refractivity contribution in [1.29, 1.82) is 0 Å². The van der Waals surface area contributed by atoms with Crippen molar-refractivity contribution in [2.45, 2.75) is 45.7 Å². The molecular formula is C15H29N5O4. The fraction of sp³-hybridized carbons (Fsp3) is 0.733. The zero-order valence-corrected chi connectivity index (χ0v) is 14.8.